The average molecular weight is 630 g/mol. The van der Waals surface area contributed by atoms with Gasteiger partial charge in [-0.2, -0.15) is 5.06 Å². The van der Waals surface area contributed by atoms with Crippen LogP contribution < -0.4 is 0 Å². The second-order valence-electron chi connectivity index (χ2n) is 16.9. The quantitative estimate of drug-likeness (QED) is 0.104. The topological polar surface area (TPSA) is 68.3 Å². The SMILES string of the molecule is CCCCCCCCON1CC(C)(C)C(OC(=O)CCCCCCCCC(=O)OC2C(C)(C)CN(C)CC2(C)C)C(C)(C)C1.[2HH].[2H][2H]. The van der Waals surface area contributed by atoms with Gasteiger partial charge in [-0.1, -0.05) is 120 Å². The van der Waals surface area contributed by atoms with Gasteiger partial charge in [0.15, 0.2) is 0 Å². The molecule has 0 aromatic carbocycles. The second kappa shape index (κ2) is 17.7. The molecule has 7 heteroatoms. The van der Waals surface area contributed by atoms with Gasteiger partial charge in [-0.15, -0.1) is 0 Å². The number of nitrogens with zero attached hydrogens (tertiary/aromatic N) is 2. The number of rotatable bonds is 19. The summed E-state index contributed by atoms with van der Waals surface area (Å²) < 4.78 is 22.2. The Balaban J connectivity index is 0.00000691. The number of hydrogen-bond donors (Lipinski definition) is 0. The Morgan fingerprint density at radius 3 is 1.41 bits per heavy atom. The van der Waals surface area contributed by atoms with E-state index >= 15 is 0 Å². The summed E-state index contributed by atoms with van der Waals surface area (Å²) in [5, 5.41) is 2.10. The fraction of sp³-hybridized carbons (Fsp3) is 0.946. The van der Waals surface area contributed by atoms with Gasteiger partial charge in [-0.05, 0) is 26.3 Å². The monoisotopic (exact) mass is 630 g/mol. The minimum atomic E-state index is -0.182. The third kappa shape index (κ3) is 12.9. The number of carbonyl (C=O) groups excluding carboxylic acids is 2. The van der Waals surface area contributed by atoms with Gasteiger partial charge >= 0.3 is 11.9 Å². The number of hydrogen-bond acceptors (Lipinski definition) is 7. The first-order valence-electron chi connectivity index (χ1n) is 19.0. The lowest BCUT2D eigenvalue weighted by Gasteiger charge is -2.51. The van der Waals surface area contributed by atoms with Crippen molar-refractivity contribution in [1.82, 2.24) is 9.96 Å². The molecule has 2 saturated heterocycles. The van der Waals surface area contributed by atoms with Gasteiger partial charge in [0.25, 0.3) is 0 Å². The molecule has 7 nitrogen and oxygen atoms in total. The molecule has 0 radical (unpaired) electrons. The van der Waals surface area contributed by atoms with E-state index in [-0.39, 0.29) is 47.2 Å². The van der Waals surface area contributed by atoms with Gasteiger partial charge in [0.2, 0.25) is 0 Å². The molecule has 0 saturated carbocycles. The lowest BCUT2D eigenvalue weighted by Crippen LogP contribution is -2.59. The van der Waals surface area contributed by atoms with E-state index in [9.17, 15) is 9.59 Å². The Morgan fingerprint density at radius 1 is 0.614 bits per heavy atom. The van der Waals surface area contributed by atoms with Gasteiger partial charge in [0.1, 0.15) is 12.2 Å². The number of piperidine rings is 2. The molecule has 2 rings (SSSR count). The van der Waals surface area contributed by atoms with Crippen molar-refractivity contribution in [2.75, 3.05) is 39.8 Å². The number of ether oxygens (including phenoxy) is 2. The zero-order valence-corrected chi connectivity index (χ0v) is 30.5. The molecule has 0 atom stereocenters. The Bertz CT molecular complexity index is 848. The Morgan fingerprint density at radius 2 is 0.977 bits per heavy atom. The molecular formula is C37H74N2O5. The van der Waals surface area contributed by atoms with Crippen LogP contribution in [0.15, 0.2) is 0 Å². The maximum atomic E-state index is 12.8. The highest BCUT2D eigenvalue weighted by Crippen LogP contribution is 2.43. The summed E-state index contributed by atoms with van der Waals surface area (Å²) >= 11 is 0. The Kier molecular flexibility index (Phi) is 15.0. The normalized spacial score (nSPS) is 22.3. The highest BCUT2D eigenvalue weighted by Gasteiger charge is 2.50. The summed E-state index contributed by atoms with van der Waals surface area (Å²) in [4.78, 5) is 34.0. The first-order valence-corrected chi connectivity index (χ1v) is 18.0. The molecule has 2 heterocycles. The van der Waals surface area contributed by atoms with E-state index in [1.807, 2.05) is 0 Å². The third-order valence-corrected chi connectivity index (χ3v) is 9.64. The molecule has 44 heavy (non-hydrogen) atoms. The van der Waals surface area contributed by atoms with Crippen LogP contribution in [0.4, 0.5) is 0 Å². The Labute approximate surface area is 276 Å². The molecule has 0 spiro atoms. The van der Waals surface area contributed by atoms with Crippen LogP contribution in [0, 0.1) is 21.7 Å². The summed E-state index contributed by atoms with van der Waals surface area (Å²) in [5.41, 5.74) is -0.480. The van der Waals surface area contributed by atoms with E-state index in [4.69, 9.17) is 17.3 Å². The van der Waals surface area contributed by atoms with E-state index in [1.54, 1.807) is 0 Å². The third-order valence-electron chi connectivity index (χ3n) is 9.64. The van der Waals surface area contributed by atoms with Crippen molar-refractivity contribution < 1.29 is 28.3 Å². The smallest absolute Gasteiger partial charge is 0.306 e. The second-order valence-corrected chi connectivity index (χ2v) is 16.9. The van der Waals surface area contributed by atoms with Crippen LogP contribution in [-0.4, -0.2) is 73.9 Å². The number of unbranched alkanes of at least 4 members (excludes halogenated alkanes) is 10. The highest BCUT2D eigenvalue weighted by molar-refractivity contribution is 5.70. The number of carbonyl (C=O) groups is 2. The summed E-state index contributed by atoms with van der Waals surface area (Å²) in [6.07, 6.45) is 14.2. The van der Waals surface area contributed by atoms with E-state index in [2.05, 4.69) is 79.3 Å². The maximum Gasteiger partial charge on any atom is 0.306 e. The molecule has 0 unspecified atom stereocenters. The molecule has 0 aromatic rings. The predicted molar refractivity (Wildman–Crippen MR) is 184 cm³/mol. The van der Waals surface area contributed by atoms with E-state index in [1.165, 1.54) is 32.1 Å². The predicted octanol–water partition coefficient (Wildman–Crippen LogP) is 9.08. The zero-order valence-electron chi connectivity index (χ0n) is 32.5. The van der Waals surface area contributed by atoms with Crippen LogP contribution in [0.1, 0.15) is 157 Å². The highest BCUT2D eigenvalue weighted by atomic mass is 16.7. The van der Waals surface area contributed by atoms with Gasteiger partial charge in [-0.3, -0.25) is 14.4 Å². The van der Waals surface area contributed by atoms with Crippen LogP contribution in [0.2, 0.25) is 0 Å². The van der Waals surface area contributed by atoms with Crippen molar-refractivity contribution in [3.63, 3.8) is 0 Å². The molecule has 0 aliphatic carbocycles. The summed E-state index contributed by atoms with van der Waals surface area (Å²) in [6, 6.07) is 0. The summed E-state index contributed by atoms with van der Waals surface area (Å²) in [5.74, 6) is -0.149. The molecular weight excluding hydrogens is 552 g/mol. The largest absolute Gasteiger partial charge is 0.461 e. The van der Waals surface area contributed by atoms with Gasteiger partial charge in [0, 0.05) is 65.1 Å². The molecule has 0 amide bonds. The number of esters is 2. The van der Waals surface area contributed by atoms with Gasteiger partial charge in [-0.25, -0.2) is 0 Å². The molecule has 0 N–H and O–H groups in total. The van der Waals surface area contributed by atoms with Crippen molar-refractivity contribution in [2.24, 2.45) is 21.7 Å². The molecule has 0 bridgehead atoms. The van der Waals surface area contributed by atoms with Crippen LogP contribution in [0.3, 0.4) is 0 Å². The first kappa shape index (κ1) is 37.3. The maximum absolute atomic E-state index is 12.8. The van der Waals surface area contributed by atoms with E-state index < -0.39 is 0 Å². The molecule has 2 aliphatic heterocycles. The lowest BCUT2D eigenvalue weighted by atomic mass is 9.68. The van der Waals surface area contributed by atoms with Crippen LogP contribution in [0.25, 0.3) is 0 Å². The fourth-order valence-corrected chi connectivity index (χ4v) is 8.29. The minimum absolute atomic E-state index is 0. The van der Waals surface area contributed by atoms with E-state index in [0.717, 1.165) is 77.7 Å². The van der Waals surface area contributed by atoms with Crippen molar-refractivity contribution >= 4 is 11.9 Å². The molecule has 2 fully saturated rings. The fourth-order valence-electron chi connectivity index (χ4n) is 8.29. The zero-order chi connectivity index (χ0) is 35.0. The molecule has 2 aliphatic rings. The summed E-state index contributed by atoms with van der Waals surface area (Å²) in [6.45, 7) is 24.0. The standard InChI is InChI=1S/C37H70N2O5.2H2/c1-11-12-13-14-19-22-25-42-39-28-36(6,7)33(37(8,9)29-39)44-31(41)24-21-18-16-15-17-20-23-30(40)43-32-34(2,3)26-38(10)27-35(32,4)5;;/h32-33H,11-29H2,1-10H3;2*1H/i;1+1D;1+1. The Hall–Kier alpha value is -1.18. The van der Waals surface area contributed by atoms with Crippen molar-refractivity contribution in [2.45, 2.75) is 164 Å². The van der Waals surface area contributed by atoms with Crippen molar-refractivity contribution in [3.05, 3.63) is 0 Å². The van der Waals surface area contributed by atoms with Crippen molar-refractivity contribution in [3.8, 4) is 0 Å². The van der Waals surface area contributed by atoms with E-state index in [0.29, 0.717) is 12.8 Å². The summed E-state index contributed by atoms with van der Waals surface area (Å²) in [7, 11) is 2.14. The average Bonchev–Trinajstić information content (AvgIpc) is 2.94. The minimum Gasteiger partial charge on any atom is -0.461 e. The van der Waals surface area contributed by atoms with Gasteiger partial charge < -0.3 is 14.4 Å². The van der Waals surface area contributed by atoms with Crippen molar-refractivity contribution in [1.29, 1.82) is 0 Å². The molecule has 262 valence electrons. The first-order chi connectivity index (χ1) is 21.5. The van der Waals surface area contributed by atoms with Gasteiger partial charge in [0.05, 0.1) is 6.61 Å². The number of hydroxylamine groups is 2. The van der Waals surface area contributed by atoms with Crippen LogP contribution in [0.5, 0.6) is 0 Å². The molecule has 0 aromatic heterocycles. The van der Waals surface area contributed by atoms with Crippen LogP contribution in [-0.2, 0) is 23.9 Å². The lowest BCUT2D eigenvalue weighted by molar-refractivity contribution is -0.249. The number of likely N-dealkylation sites (tertiary alicyclic amines) is 1. The van der Waals surface area contributed by atoms with Crippen LogP contribution >= 0.6 is 0 Å².